The quantitative estimate of drug-likeness (QED) is 0.431. The van der Waals surface area contributed by atoms with E-state index < -0.39 is 0 Å². The van der Waals surface area contributed by atoms with Gasteiger partial charge in [0.2, 0.25) is 5.91 Å². The summed E-state index contributed by atoms with van der Waals surface area (Å²) in [6.45, 7) is 3.30. The molecule has 0 radical (unpaired) electrons. The summed E-state index contributed by atoms with van der Waals surface area (Å²) >= 11 is 1.28. The predicted octanol–water partition coefficient (Wildman–Crippen LogP) is 3.19. The lowest BCUT2D eigenvalue weighted by Gasteiger charge is -2.21. The number of hydrogen-bond acceptors (Lipinski definition) is 5. The molecule has 3 rings (SSSR count). The van der Waals surface area contributed by atoms with Crippen LogP contribution in [0.25, 0.3) is 10.9 Å². The third kappa shape index (κ3) is 4.43. The number of hydrogen-bond donors (Lipinski definition) is 0. The average molecular weight is 398 g/mol. The van der Waals surface area contributed by atoms with Crippen LogP contribution in [0, 0.1) is 0 Å². The Morgan fingerprint density at radius 3 is 2.57 bits per heavy atom. The molecule has 3 aromatic rings. The minimum absolute atomic E-state index is 0.0283. The highest BCUT2D eigenvalue weighted by Gasteiger charge is 2.17. The van der Waals surface area contributed by atoms with Gasteiger partial charge in [0, 0.05) is 19.3 Å². The molecule has 0 fully saturated rings. The van der Waals surface area contributed by atoms with Crippen LogP contribution in [0.5, 0.6) is 0 Å². The molecule has 146 valence electrons. The van der Waals surface area contributed by atoms with Gasteiger partial charge in [-0.2, -0.15) is 0 Å². The van der Waals surface area contributed by atoms with E-state index in [4.69, 9.17) is 4.74 Å². The van der Waals surface area contributed by atoms with Crippen molar-refractivity contribution in [1.82, 2.24) is 9.55 Å². The molecule has 28 heavy (non-hydrogen) atoms. The van der Waals surface area contributed by atoms with Crippen molar-refractivity contribution in [3.05, 3.63) is 65.0 Å². The minimum atomic E-state index is -0.118. The van der Waals surface area contributed by atoms with Gasteiger partial charge in [0.1, 0.15) is 0 Å². The van der Waals surface area contributed by atoms with Crippen molar-refractivity contribution in [2.24, 2.45) is 0 Å². The number of methoxy groups -OCH3 is 1. The molecule has 0 unspecified atom stereocenters. The molecule has 0 aliphatic heterocycles. The second-order valence-corrected chi connectivity index (χ2v) is 7.07. The minimum Gasteiger partial charge on any atom is -0.383 e. The number of thioether (sulfide) groups is 1. The zero-order chi connectivity index (χ0) is 19.9. The Labute approximate surface area is 168 Å². The number of rotatable bonds is 8. The van der Waals surface area contributed by atoms with Crippen LogP contribution < -0.4 is 10.5 Å². The lowest BCUT2D eigenvalue weighted by atomic mass is 10.2. The highest BCUT2D eigenvalue weighted by Crippen LogP contribution is 2.20. The first kappa shape index (κ1) is 20.1. The number of carbonyl (C=O) groups is 1. The summed E-state index contributed by atoms with van der Waals surface area (Å²) in [6.07, 6.45) is 0. The van der Waals surface area contributed by atoms with Crippen LogP contribution in [0.4, 0.5) is 5.69 Å². The smallest absolute Gasteiger partial charge is 0.262 e. The molecule has 7 heteroatoms. The Morgan fingerprint density at radius 2 is 1.86 bits per heavy atom. The van der Waals surface area contributed by atoms with Crippen molar-refractivity contribution >= 4 is 34.3 Å². The Balaban J connectivity index is 1.86. The summed E-state index contributed by atoms with van der Waals surface area (Å²) in [5.41, 5.74) is 1.37. The molecule has 0 N–H and O–H groups in total. The molecule has 1 heterocycles. The molecular formula is C21H23N3O3S. The highest BCUT2D eigenvalue weighted by atomic mass is 32.2. The maximum atomic E-state index is 12.9. The molecular weight excluding hydrogens is 374 g/mol. The molecule has 0 saturated carbocycles. The maximum Gasteiger partial charge on any atom is 0.262 e. The first-order valence-electron chi connectivity index (χ1n) is 9.12. The first-order chi connectivity index (χ1) is 13.7. The van der Waals surface area contributed by atoms with E-state index in [2.05, 4.69) is 4.98 Å². The van der Waals surface area contributed by atoms with E-state index in [9.17, 15) is 9.59 Å². The molecule has 0 spiro atoms. The molecule has 0 aliphatic rings. The molecule has 0 saturated heterocycles. The van der Waals surface area contributed by atoms with Crippen LogP contribution in [-0.2, 0) is 16.1 Å². The van der Waals surface area contributed by atoms with Crippen LogP contribution >= 0.6 is 11.8 Å². The fourth-order valence-electron chi connectivity index (χ4n) is 2.95. The van der Waals surface area contributed by atoms with Gasteiger partial charge in [-0.25, -0.2) is 4.98 Å². The first-order valence-corrected chi connectivity index (χ1v) is 10.1. The molecule has 1 amide bonds. The van der Waals surface area contributed by atoms with Crippen LogP contribution in [0.3, 0.4) is 0 Å². The second kappa shape index (κ2) is 9.52. The Bertz CT molecular complexity index is 1000. The van der Waals surface area contributed by atoms with Crippen LogP contribution in [0.15, 0.2) is 64.5 Å². The fourth-order valence-corrected chi connectivity index (χ4v) is 3.85. The number of aromatic nitrogens is 2. The predicted molar refractivity (Wildman–Crippen MR) is 113 cm³/mol. The largest absolute Gasteiger partial charge is 0.383 e. The normalized spacial score (nSPS) is 10.9. The Hall–Kier alpha value is -2.64. The lowest BCUT2D eigenvalue weighted by Crippen LogP contribution is -2.32. The van der Waals surface area contributed by atoms with Crippen molar-refractivity contribution in [2.45, 2.75) is 18.6 Å². The van der Waals surface area contributed by atoms with Gasteiger partial charge in [-0.05, 0) is 31.2 Å². The van der Waals surface area contributed by atoms with Gasteiger partial charge in [0.05, 0.1) is 29.8 Å². The van der Waals surface area contributed by atoms with Gasteiger partial charge in [-0.1, -0.05) is 42.1 Å². The van der Waals surface area contributed by atoms with Crippen LogP contribution in [-0.4, -0.2) is 41.5 Å². The van der Waals surface area contributed by atoms with Crippen LogP contribution in [0.1, 0.15) is 6.92 Å². The van der Waals surface area contributed by atoms with Crippen molar-refractivity contribution in [3.63, 3.8) is 0 Å². The fraction of sp³-hybridized carbons (Fsp3) is 0.286. The zero-order valence-electron chi connectivity index (χ0n) is 16.0. The van der Waals surface area contributed by atoms with Gasteiger partial charge in [-0.15, -0.1) is 0 Å². The van der Waals surface area contributed by atoms with Crippen molar-refractivity contribution in [1.29, 1.82) is 0 Å². The number of fused-ring (bicyclic) bond motifs is 1. The molecule has 2 aromatic carbocycles. The maximum absolute atomic E-state index is 12.9. The van der Waals surface area contributed by atoms with Gasteiger partial charge in [-0.3, -0.25) is 14.2 Å². The summed E-state index contributed by atoms with van der Waals surface area (Å²) < 4.78 is 6.72. The van der Waals surface area contributed by atoms with Crippen molar-refractivity contribution in [2.75, 3.05) is 30.9 Å². The van der Waals surface area contributed by atoms with E-state index in [0.717, 1.165) is 5.69 Å². The number of amides is 1. The number of benzene rings is 2. The number of para-hydroxylation sites is 2. The SMILES string of the molecule is CCN(C(=O)CSc1nc2ccccc2c(=O)n1CCOC)c1ccccc1. The van der Waals surface area contributed by atoms with E-state index in [1.165, 1.54) is 11.8 Å². The summed E-state index contributed by atoms with van der Waals surface area (Å²) in [6, 6.07) is 16.8. The van der Waals surface area contributed by atoms with E-state index in [1.807, 2.05) is 55.5 Å². The average Bonchev–Trinajstić information content (AvgIpc) is 2.73. The summed E-state index contributed by atoms with van der Waals surface area (Å²) in [5.74, 6) is 0.167. The number of anilines is 1. The summed E-state index contributed by atoms with van der Waals surface area (Å²) in [7, 11) is 1.59. The van der Waals surface area contributed by atoms with Gasteiger partial charge >= 0.3 is 0 Å². The molecule has 0 atom stereocenters. The van der Waals surface area contributed by atoms with Gasteiger partial charge < -0.3 is 9.64 Å². The summed E-state index contributed by atoms with van der Waals surface area (Å²) in [4.78, 5) is 32.0. The van der Waals surface area contributed by atoms with Gasteiger partial charge in [0.15, 0.2) is 5.16 Å². The number of carbonyl (C=O) groups excluding carboxylic acids is 1. The standard InChI is InChI=1S/C21H23N3O3S/c1-3-23(16-9-5-4-6-10-16)19(25)15-28-21-22-18-12-8-7-11-17(18)20(26)24(21)13-14-27-2/h4-12H,3,13-15H2,1-2H3. The lowest BCUT2D eigenvalue weighted by molar-refractivity contribution is -0.116. The topological polar surface area (TPSA) is 64.4 Å². The zero-order valence-corrected chi connectivity index (χ0v) is 16.8. The number of ether oxygens (including phenoxy) is 1. The molecule has 0 aliphatic carbocycles. The third-order valence-corrected chi connectivity index (χ3v) is 5.32. The van der Waals surface area contributed by atoms with Crippen molar-refractivity contribution < 1.29 is 9.53 Å². The van der Waals surface area contributed by atoms with Crippen LogP contribution in [0.2, 0.25) is 0 Å². The van der Waals surface area contributed by atoms with E-state index >= 15 is 0 Å². The molecule has 1 aromatic heterocycles. The molecule has 6 nitrogen and oxygen atoms in total. The third-order valence-electron chi connectivity index (χ3n) is 4.36. The number of nitrogens with zero attached hydrogens (tertiary/aromatic N) is 3. The summed E-state index contributed by atoms with van der Waals surface area (Å²) in [5, 5.41) is 1.09. The van der Waals surface area contributed by atoms with Gasteiger partial charge in [0.25, 0.3) is 5.56 Å². The van der Waals surface area contributed by atoms with E-state index in [1.54, 1.807) is 22.6 Å². The van der Waals surface area contributed by atoms with Crippen molar-refractivity contribution in [3.8, 4) is 0 Å². The Kier molecular flexibility index (Phi) is 6.84. The molecule has 0 bridgehead atoms. The highest BCUT2D eigenvalue weighted by molar-refractivity contribution is 7.99. The Morgan fingerprint density at radius 1 is 1.14 bits per heavy atom. The second-order valence-electron chi connectivity index (χ2n) is 6.12. The van der Waals surface area contributed by atoms with E-state index in [-0.39, 0.29) is 17.2 Å². The monoisotopic (exact) mass is 397 g/mol. The van der Waals surface area contributed by atoms with E-state index in [0.29, 0.717) is 35.8 Å².